The van der Waals surface area contributed by atoms with Crippen LogP contribution in [0.5, 0.6) is 5.75 Å². The summed E-state index contributed by atoms with van der Waals surface area (Å²) in [6.45, 7) is 0.827. The number of halogens is 1. The largest absolute Gasteiger partial charge is 0.493 e. The molecule has 0 aliphatic carbocycles. The molecular formula is C17H24ClN3O5S. The molecule has 0 atom stereocenters. The van der Waals surface area contributed by atoms with Crippen LogP contribution < -0.4 is 15.2 Å². The standard InChI is InChI=1S/C17H24ClN3O5S/c1-27(24,25)20-11-16(23)21-8-6-17(7-9-21,10-15(19)22)12-26-14-4-2-13(18)3-5-14/h2-5,20H,6-12H2,1H3,(H2,19,22). The SMILES string of the molecule is CS(=O)(=O)NCC(=O)N1CCC(COc2ccc(Cl)cc2)(CC(N)=O)CC1. The third-order valence-electron chi connectivity index (χ3n) is 4.57. The number of nitrogens with zero attached hydrogens (tertiary/aromatic N) is 1. The first-order valence-electron chi connectivity index (χ1n) is 8.48. The fraction of sp³-hybridized carbons (Fsp3) is 0.529. The maximum atomic E-state index is 12.2. The monoisotopic (exact) mass is 417 g/mol. The van der Waals surface area contributed by atoms with Gasteiger partial charge < -0.3 is 15.4 Å². The Morgan fingerprint density at radius 3 is 2.37 bits per heavy atom. The lowest BCUT2D eigenvalue weighted by atomic mass is 9.76. The predicted molar refractivity (Wildman–Crippen MR) is 102 cm³/mol. The molecule has 10 heteroatoms. The van der Waals surface area contributed by atoms with Crippen LogP contribution in [0.3, 0.4) is 0 Å². The van der Waals surface area contributed by atoms with Gasteiger partial charge in [-0.15, -0.1) is 0 Å². The number of amides is 2. The molecule has 2 rings (SSSR count). The molecule has 1 fully saturated rings. The molecule has 1 heterocycles. The molecule has 1 saturated heterocycles. The summed E-state index contributed by atoms with van der Waals surface area (Å²) in [5.41, 5.74) is 4.95. The number of rotatable bonds is 8. The number of nitrogens with two attached hydrogens (primary N) is 1. The van der Waals surface area contributed by atoms with Crippen LogP contribution in [0.4, 0.5) is 0 Å². The molecule has 0 saturated carbocycles. The second kappa shape index (κ2) is 8.90. The van der Waals surface area contributed by atoms with Gasteiger partial charge in [0.25, 0.3) is 0 Å². The van der Waals surface area contributed by atoms with Gasteiger partial charge in [0.2, 0.25) is 21.8 Å². The second-order valence-corrected chi connectivity index (χ2v) is 9.13. The van der Waals surface area contributed by atoms with E-state index in [-0.39, 0.29) is 18.9 Å². The predicted octanol–water partition coefficient (Wildman–Crippen LogP) is 0.752. The van der Waals surface area contributed by atoms with Crippen LogP contribution in [0, 0.1) is 5.41 Å². The van der Waals surface area contributed by atoms with Crippen molar-refractivity contribution in [2.75, 3.05) is 32.5 Å². The molecule has 150 valence electrons. The number of piperidine rings is 1. The Bertz CT molecular complexity index is 774. The first kappa shape index (κ1) is 21.5. The normalized spacial score (nSPS) is 16.7. The minimum Gasteiger partial charge on any atom is -0.493 e. The molecule has 27 heavy (non-hydrogen) atoms. The molecule has 8 nitrogen and oxygen atoms in total. The van der Waals surface area contributed by atoms with E-state index in [2.05, 4.69) is 4.72 Å². The third kappa shape index (κ3) is 7.00. The van der Waals surface area contributed by atoms with Gasteiger partial charge in [-0.2, -0.15) is 0 Å². The van der Waals surface area contributed by atoms with E-state index in [0.29, 0.717) is 43.3 Å². The summed E-state index contributed by atoms with van der Waals surface area (Å²) < 4.78 is 30.3. The summed E-state index contributed by atoms with van der Waals surface area (Å²) >= 11 is 5.86. The molecule has 0 spiro atoms. The number of hydrogen-bond acceptors (Lipinski definition) is 5. The molecule has 0 aromatic heterocycles. The van der Waals surface area contributed by atoms with Crippen LogP contribution >= 0.6 is 11.6 Å². The van der Waals surface area contributed by atoms with E-state index < -0.39 is 21.3 Å². The Hall–Kier alpha value is -1.84. The zero-order chi connectivity index (χ0) is 20.1. The Balaban J connectivity index is 1.96. The molecule has 3 N–H and O–H groups in total. The van der Waals surface area contributed by atoms with Crippen molar-refractivity contribution in [3.8, 4) is 5.75 Å². The van der Waals surface area contributed by atoms with Crippen LogP contribution in [0.1, 0.15) is 19.3 Å². The van der Waals surface area contributed by atoms with Gasteiger partial charge in [0.05, 0.1) is 19.4 Å². The van der Waals surface area contributed by atoms with Gasteiger partial charge in [-0.25, -0.2) is 13.1 Å². The number of hydrogen-bond donors (Lipinski definition) is 2. The molecule has 0 unspecified atom stereocenters. The Morgan fingerprint density at radius 2 is 1.85 bits per heavy atom. The number of carbonyl (C=O) groups excluding carboxylic acids is 2. The quantitative estimate of drug-likeness (QED) is 0.647. The number of benzene rings is 1. The Kier molecular flexibility index (Phi) is 7.07. The average Bonchev–Trinajstić information content (AvgIpc) is 2.59. The number of nitrogens with one attached hydrogen (secondary N) is 1. The Labute approximate surface area is 164 Å². The molecule has 0 radical (unpaired) electrons. The molecule has 1 aliphatic rings. The highest BCUT2D eigenvalue weighted by atomic mass is 35.5. The van der Waals surface area contributed by atoms with E-state index in [4.69, 9.17) is 22.1 Å². The maximum Gasteiger partial charge on any atom is 0.237 e. The van der Waals surface area contributed by atoms with Crippen molar-refractivity contribution in [2.24, 2.45) is 11.1 Å². The van der Waals surface area contributed by atoms with Crippen LogP contribution in [-0.4, -0.2) is 57.6 Å². The summed E-state index contributed by atoms with van der Waals surface area (Å²) in [5, 5.41) is 0.601. The van der Waals surface area contributed by atoms with E-state index in [9.17, 15) is 18.0 Å². The summed E-state index contributed by atoms with van der Waals surface area (Å²) in [7, 11) is -3.43. The van der Waals surface area contributed by atoms with Crippen LogP contribution in [0.2, 0.25) is 5.02 Å². The zero-order valence-corrected chi connectivity index (χ0v) is 16.7. The highest BCUT2D eigenvalue weighted by Gasteiger charge is 2.38. The highest BCUT2D eigenvalue weighted by molar-refractivity contribution is 7.88. The van der Waals surface area contributed by atoms with Crippen molar-refractivity contribution in [3.05, 3.63) is 29.3 Å². The lowest BCUT2D eigenvalue weighted by molar-refractivity contribution is -0.133. The van der Waals surface area contributed by atoms with Crippen molar-refractivity contribution < 1.29 is 22.7 Å². The van der Waals surface area contributed by atoms with Gasteiger partial charge >= 0.3 is 0 Å². The maximum absolute atomic E-state index is 12.2. The number of likely N-dealkylation sites (tertiary alicyclic amines) is 1. The summed E-state index contributed by atoms with van der Waals surface area (Å²) in [6.07, 6.45) is 2.23. The van der Waals surface area contributed by atoms with Gasteiger partial charge in [-0.1, -0.05) is 11.6 Å². The van der Waals surface area contributed by atoms with Crippen molar-refractivity contribution >= 4 is 33.4 Å². The molecule has 2 amide bonds. The van der Waals surface area contributed by atoms with Gasteiger partial charge in [0.15, 0.2) is 0 Å². The second-order valence-electron chi connectivity index (χ2n) is 6.86. The number of sulfonamides is 1. The number of primary amides is 1. The average molecular weight is 418 g/mol. The first-order valence-corrected chi connectivity index (χ1v) is 10.7. The fourth-order valence-corrected chi connectivity index (χ4v) is 3.56. The summed E-state index contributed by atoms with van der Waals surface area (Å²) in [6, 6.07) is 6.92. The molecule has 1 aliphatic heterocycles. The van der Waals surface area contributed by atoms with Crippen LogP contribution in [0.25, 0.3) is 0 Å². The van der Waals surface area contributed by atoms with E-state index in [1.165, 1.54) is 0 Å². The highest BCUT2D eigenvalue weighted by Crippen LogP contribution is 2.36. The molecule has 0 bridgehead atoms. The van der Waals surface area contributed by atoms with Gasteiger partial charge in [-0.3, -0.25) is 9.59 Å². The van der Waals surface area contributed by atoms with Crippen LogP contribution in [-0.2, 0) is 19.6 Å². The van der Waals surface area contributed by atoms with Crippen molar-refractivity contribution in [1.82, 2.24) is 9.62 Å². The molecular weight excluding hydrogens is 394 g/mol. The Morgan fingerprint density at radius 1 is 1.26 bits per heavy atom. The van der Waals surface area contributed by atoms with Crippen molar-refractivity contribution in [1.29, 1.82) is 0 Å². The van der Waals surface area contributed by atoms with Crippen molar-refractivity contribution in [2.45, 2.75) is 19.3 Å². The van der Waals surface area contributed by atoms with Gasteiger partial charge in [0.1, 0.15) is 5.75 Å². The zero-order valence-electron chi connectivity index (χ0n) is 15.1. The van der Waals surface area contributed by atoms with E-state index in [1.54, 1.807) is 29.2 Å². The third-order valence-corrected chi connectivity index (χ3v) is 5.49. The lowest BCUT2D eigenvalue weighted by Crippen LogP contribution is -2.49. The number of ether oxygens (including phenoxy) is 1. The van der Waals surface area contributed by atoms with E-state index in [0.717, 1.165) is 6.26 Å². The van der Waals surface area contributed by atoms with E-state index in [1.807, 2.05) is 0 Å². The fourth-order valence-electron chi connectivity index (χ4n) is 3.04. The lowest BCUT2D eigenvalue weighted by Gasteiger charge is -2.41. The van der Waals surface area contributed by atoms with Crippen molar-refractivity contribution in [3.63, 3.8) is 0 Å². The molecule has 1 aromatic rings. The topological polar surface area (TPSA) is 119 Å². The number of carbonyl (C=O) groups is 2. The molecule has 1 aromatic carbocycles. The van der Waals surface area contributed by atoms with Crippen LogP contribution in [0.15, 0.2) is 24.3 Å². The minimum absolute atomic E-state index is 0.157. The van der Waals surface area contributed by atoms with Gasteiger partial charge in [-0.05, 0) is 37.1 Å². The first-order chi connectivity index (χ1) is 12.6. The minimum atomic E-state index is -3.43. The smallest absolute Gasteiger partial charge is 0.237 e. The van der Waals surface area contributed by atoms with E-state index >= 15 is 0 Å². The summed E-state index contributed by atoms with van der Waals surface area (Å²) in [4.78, 5) is 25.3. The van der Waals surface area contributed by atoms with Gasteiger partial charge in [0, 0.05) is 29.9 Å². The summed E-state index contributed by atoms with van der Waals surface area (Å²) in [5.74, 6) is -0.0842.